The molecule has 1 amide bonds. The van der Waals surface area contributed by atoms with Gasteiger partial charge in [-0.2, -0.15) is 4.31 Å². The van der Waals surface area contributed by atoms with Crippen LogP contribution in [0.5, 0.6) is 0 Å². The Balaban J connectivity index is 1.42. The number of thiophene rings is 1. The molecular formula is C20H25N3O3S2. The van der Waals surface area contributed by atoms with Crippen molar-refractivity contribution in [1.29, 1.82) is 0 Å². The number of benzene rings is 1. The monoisotopic (exact) mass is 419 g/mol. The zero-order valence-corrected chi connectivity index (χ0v) is 17.6. The fourth-order valence-corrected chi connectivity index (χ4v) is 6.63. The number of anilines is 1. The van der Waals surface area contributed by atoms with E-state index in [2.05, 4.69) is 24.1 Å². The van der Waals surface area contributed by atoms with Crippen molar-refractivity contribution in [3.63, 3.8) is 0 Å². The number of hydrogen-bond donors (Lipinski definition) is 0. The van der Waals surface area contributed by atoms with Crippen LogP contribution >= 0.6 is 11.3 Å². The van der Waals surface area contributed by atoms with Gasteiger partial charge in [-0.25, -0.2) is 8.42 Å². The summed E-state index contributed by atoms with van der Waals surface area (Å²) in [6.45, 7) is 2.92. The molecule has 1 saturated heterocycles. The third kappa shape index (κ3) is 3.68. The van der Waals surface area contributed by atoms with Crippen LogP contribution in [0.15, 0.2) is 46.0 Å². The minimum absolute atomic E-state index is 0.106. The van der Waals surface area contributed by atoms with Crippen molar-refractivity contribution in [2.75, 3.05) is 38.1 Å². The van der Waals surface area contributed by atoms with Crippen molar-refractivity contribution >= 4 is 33.0 Å². The van der Waals surface area contributed by atoms with Gasteiger partial charge in [0.05, 0.1) is 0 Å². The van der Waals surface area contributed by atoms with Crippen molar-refractivity contribution in [3.05, 3.63) is 47.3 Å². The Hall–Kier alpha value is -1.90. The fourth-order valence-electron chi connectivity index (χ4n) is 4.02. The van der Waals surface area contributed by atoms with E-state index in [1.807, 2.05) is 17.0 Å². The highest BCUT2D eigenvalue weighted by Gasteiger charge is 2.34. The minimum Gasteiger partial charge on any atom is -0.373 e. The molecule has 28 heavy (non-hydrogen) atoms. The van der Waals surface area contributed by atoms with E-state index in [4.69, 9.17) is 0 Å². The fraction of sp³-hybridized carbons (Fsp3) is 0.450. The van der Waals surface area contributed by atoms with Gasteiger partial charge < -0.3 is 9.80 Å². The zero-order chi connectivity index (χ0) is 19.7. The Morgan fingerprint density at radius 1 is 1.04 bits per heavy atom. The number of carbonyl (C=O) groups excluding carboxylic acids is 1. The van der Waals surface area contributed by atoms with Gasteiger partial charge in [0.15, 0.2) is 0 Å². The summed E-state index contributed by atoms with van der Waals surface area (Å²) in [6.07, 6.45) is 1.16. The van der Waals surface area contributed by atoms with Crippen molar-refractivity contribution in [3.8, 4) is 0 Å². The molecule has 3 heterocycles. The molecule has 2 aromatic rings. The lowest BCUT2D eigenvalue weighted by molar-refractivity contribution is -0.137. The van der Waals surface area contributed by atoms with Gasteiger partial charge in [-0.3, -0.25) is 4.79 Å². The number of carbonyl (C=O) groups is 1. The van der Waals surface area contributed by atoms with E-state index in [-0.39, 0.29) is 11.8 Å². The predicted octanol–water partition coefficient (Wildman–Crippen LogP) is 2.63. The van der Waals surface area contributed by atoms with Crippen LogP contribution in [0.4, 0.5) is 5.69 Å². The summed E-state index contributed by atoms with van der Waals surface area (Å²) in [6, 6.07) is 11.6. The lowest BCUT2D eigenvalue weighted by Gasteiger charge is -2.33. The summed E-state index contributed by atoms with van der Waals surface area (Å²) < 4.78 is 27.3. The number of nitrogens with zero attached hydrogens (tertiary/aromatic N) is 3. The summed E-state index contributed by atoms with van der Waals surface area (Å²) in [5.74, 6) is 0.0450. The lowest BCUT2D eigenvalue weighted by atomic mass is 9.96. The van der Waals surface area contributed by atoms with Gasteiger partial charge in [0.1, 0.15) is 4.21 Å². The molecule has 0 spiro atoms. The lowest BCUT2D eigenvalue weighted by Crippen LogP contribution is -2.44. The summed E-state index contributed by atoms with van der Waals surface area (Å²) >= 11 is 1.24. The molecular weight excluding hydrogens is 394 g/mol. The van der Waals surface area contributed by atoms with Crippen LogP contribution in [-0.4, -0.2) is 56.8 Å². The highest BCUT2D eigenvalue weighted by molar-refractivity contribution is 7.91. The molecule has 0 radical (unpaired) electrons. The first-order valence-corrected chi connectivity index (χ1v) is 11.9. The van der Waals surface area contributed by atoms with Crippen LogP contribution in [0.25, 0.3) is 0 Å². The van der Waals surface area contributed by atoms with Crippen LogP contribution in [0.3, 0.4) is 0 Å². The molecule has 2 aliphatic rings. The number of fused-ring (bicyclic) bond motifs is 1. The second-order valence-corrected chi connectivity index (χ2v) is 10.5. The Kier molecular flexibility index (Phi) is 5.44. The van der Waals surface area contributed by atoms with Crippen LogP contribution < -0.4 is 4.90 Å². The number of likely N-dealkylation sites (N-methyl/N-ethyl adjacent to an activating group) is 1. The van der Waals surface area contributed by atoms with Crippen molar-refractivity contribution < 1.29 is 13.2 Å². The van der Waals surface area contributed by atoms with E-state index >= 15 is 0 Å². The van der Waals surface area contributed by atoms with E-state index in [9.17, 15) is 13.2 Å². The Morgan fingerprint density at radius 2 is 1.79 bits per heavy atom. The smallest absolute Gasteiger partial charge is 0.252 e. The van der Waals surface area contributed by atoms with Gasteiger partial charge in [0.25, 0.3) is 10.0 Å². The molecule has 0 N–H and O–H groups in total. The van der Waals surface area contributed by atoms with Crippen molar-refractivity contribution in [2.24, 2.45) is 5.92 Å². The van der Waals surface area contributed by atoms with E-state index in [1.165, 1.54) is 21.3 Å². The molecule has 150 valence electrons. The van der Waals surface area contributed by atoms with Gasteiger partial charge in [-0.15, -0.1) is 11.3 Å². The van der Waals surface area contributed by atoms with E-state index in [0.717, 1.165) is 12.1 Å². The first-order valence-electron chi connectivity index (χ1n) is 9.58. The summed E-state index contributed by atoms with van der Waals surface area (Å²) in [7, 11) is -1.37. The van der Waals surface area contributed by atoms with E-state index in [1.54, 1.807) is 17.5 Å². The maximum Gasteiger partial charge on any atom is 0.252 e. The summed E-state index contributed by atoms with van der Waals surface area (Å²) in [5, 5.41) is 1.78. The Morgan fingerprint density at radius 3 is 2.50 bits per heavy atom. The molecule has 0 atom stereocenters. The minimum atomic E-state index is -3.43. The van der Waals surface area contributed by atoms with Crippen LogP contribution in [0, 0.1) is 5.92 Å². The number of rotatable bonds is 3. The maximum atomic E-state index is 13.1. The molecule has 0 saturated carbocycles. The largest absolute Gasteiger partial charge is 0.373 e. The van der Waals surface area contributed by atoms with Gasteiger partial charge in [0, 0.05) is 51.4 Å². The molecule has 6 nitrogen and oxygen atoms in total. The van der Waals surface area contributed by atoms with Gasteiger partial charge in [-0.05, 0) is 35.9 Å². The first kappa shape index (κ1) is 19.4. The standard InChI is InChI=1S/C20H25N3O3S2/c1-21-12-13-22(15-17-5-2-3-6-18(17)21)20(24)16-8-10-23(11-9-16)28(25,26)19-7-4-14-27-19/h2-7,14,16H,8-13,15H2,1H3. The van der Waals surface area contributed by atoms with Crippen molar-refractivity contribution in [1.82, 2.24) is 9.21 Å². The SMILES string of the molecule is CN1CCN(C(=O)C2CCN(S(=O)(=O)c3cccs3)CC2)Cc2ccccc21. The summed E-state index contributed by atoms with van der Waals surface area (Å²) in [5.41, 5.74) is 2.34. The van der Waals surface area contributed by atoms with Crippen LogP contribution in [0.2, 0.25) is 0 Å². The third-order valence-electron chi connectivity index (χ3n) is 5.67. The maximum absolute atomic E-state index is 13.1. The number of sulfonamides is 1. The molecule has 1 aromatic heterocycles. The zero-order valence-electron chi connectivity index (χ0n) is 16.0. The molecule has 1 fully saturated rings. The van der Waals surface area contributed by atoms with Gasteiger partial charge >= 0.3 is 0 Å². The first-order chi connectivity index (χ1) is 13.5. The van der Waals surface area contributed by atoms with Gasteiger partial charge in [0.2, 0.25) is 5.91 Å². The summed E-state index contributed by atoms with van der Waals surface area (Å²) in [4.78, 5) is 17.3. The predicted molar refractivity (Wildman–Crippen MR) is 111 cm³/mol. The highest BCUT2D eigenvalue weighted by Crippen LogP contribution is 2.29. The van der Waals surface area contributed by atoms with Gasteiger partial charge in [-0.1, -0.05) is 24.3 Å². The third-order valence-corrected chi connectivity index (χ3v) is 8.95. The molecule has 0 unspecified atom stereocenters. The van der Waals surface area contributed by atoms with Crippen LogP contribution in [-0.2, 0) is 21.4 Å². The number of piperidine rings is 1. The Labute approximate surface area is 170 Å². The normalized spacial score (nSPS) is 19.3. The quantitative estimate of drug-likeness (QED) is 0.767. The van der Waals surface area contributed by atoms with Crippen molar-refractivity contribution in [2.45, 2.75) is 23.6 Å². The number of amides is 1. The molecule has 2 aliphatic heterocycles. The topological polar surface area (TPSA) is 60.9 Å². The van der Waals surface area contributed by atoms with E-state index in [0.29, 0.717) is 43.2 Å². The number of para-hydroxylation sites is 1. The van der Waals surface area contributed by atoms with Crippen LogP contribution in [0.1, 0.15) is 18.4 Å². The molecule has 0 aliphatic carbocycles. The molecule has 8 heteroatoms. The molecule has 1 aromatic carbocycles. The number of hydrogen-bond acceptors (Lipinski definition) is 5. The Bertz CT molecular complexity index is 935. The average molecular weight is 420 g/mol. The highest BCUT2D eigenvalue weighted by atomic mass is 32.2. The second-order valence-electron chi connectivity index (χ2n) is 7.42. The van der Waals surface area contributed by atoms with E-state index < -0.39 is 10.0 Å². The second kappa shape index (κ2) is 7.85. The molecule has 0 bridgehead atoms. The average Bonchev–Trinajstić information content (AvgIpc) is 3.21. The molecule has 4 rings (SSSR count).